The number of amides is 2. The molecule has 1 aliphatic rings. The number of amidine groups is 1. The Labute approximate surface area is 157 Å². The summed E-state index contributed by atoms with van der Waals surface area (Å²) in [4.78, 5) is 28.4. The van der Waals surface area contributed by atoms with Gasteiger partial charge in [-0.2, -0.15) is 5.10 Å². The Balaban J connectivity index is 1.56. The number of aryl methyl sites for hydroxylation is 1. The molecule has 1 aliphatic heterocycles. The number of nitrogens with one attached hydrogen (secondary N) is 3. The molecule has 138 valence electrons. The van der Waals surface area contributed by atoms with E-state index < -0.39 is 6.04 Å². The maximum Gasteiger partial charge on any atom is 0.263 e. The third-order valence-electron chi connectivity index (χ3n) is 4.02. The van der Waals surface area contributed by atoms with Crippen molar-refractivity contribution in [1.29, 1.82) is 0 Å². The van der Waals surface area contributed by atoms with Gasteiger partial charge in [0.05, 0.1) is 12.6 Å². The molecule has 0 saturated heterocycles. The smallest absolute Gasteiger partial charge is 0.263 e. The summed E-state index contributed by atoms with van der Waals surface area (Å²) >= 11 is 0. The lowest BCUT2D eigenvalue weighted by atomic mass is 10.1. The summed E-state index contributed by atoms with van der Waals surface area (Å²) < 4.78 is 0. The van der Waals surface area contributed by atoms with E-state index >= 15 is 0 Å². The predicted octanol–water partition coefficient (Wildman–Crippen LogP) is 1.48. The number of rotatable bonds is 6. The number of hydrazone groups is 1. The van der Waals surface area contributed by atoms with Crippen LogP contribution in [0.15, 0.2) is 64.7 Å². The molecule has 0 bridgehead atoms. The van der Waals surface area contributed by atoms with E-state index in [1.54, 1.807) is 6.21 Å². The van der Waals surface area contributed by atoms with Gasteiger partial charge < -0.3 is 0 Å². The molecule has 7 nitrogen and oxygen atoms in total. The standard InChI is InChI=1S/C20H21N5O2/c1-14-7-9-16(10-8-14)13-21-24-19(26)12-17-20(27)25-23-18(22-17)11-15-5-3-2-4-6-15/h2-10,13,17H,11-12H2,1H3,(H,22,23)(H,24,26)(H,25,27)/b21-13-/t17-/m1/s1. The molecular formula is C20H21N5O2. The zero-order valence-electron chi connectivity index (χ0n) is 15.0. The Morgan fingerprint density at radius 1 is 1.15 bits per heavy atom. The van der Waals surface area contributed by atoms with Crippen LogP contribution in [0.2, 0.25) is 0 Å². The van der Waals surface area contributed by atoms with Crippen molar-refractivity contribution < 1.29 is 9.59 Å². The van der Waals surface area contributed by atoms with Gasteiger partial charge in [0, 0.05) is 6.42 Å². The van der Waals surface area contributed by atoms with Gasteiger partial charge in [-0.3, -0.25) is 25.4 Å². The lowest BCUT2D eigenvalue weighted by molar-refractivity contribution is -0.128. The van der Waals surface area contributed by atoms with E-state index in [1.165, 1.54) is 0 Å². The van der Waals surface area contributed by atoms with Crippen molar-refractivity contribution in [3.63, 3.8) is 0 Å². The van der Waals surface area contributed by atoms with Gasteiger partial charge >= 0.3 is 0 Å². The summed E-state index contributed by atoms with van der Waals surface area (Å²) in [5.74, 6) is -0.102. The molecule has 1 heterocycles. The molecule has 2 amide bonds. The van der Waals surface area contributed by atoms with Crippen LogP contribution in [0.5, 0.6) is 0 Å². The maximum absolute atomic E-state index is 12.1. The van der Waals surface area contributed by atoms with Gasteiger partial charge in [-0.15, -0.1) is 0 Å². The molecule has 0 fully saturated rings. The van der Waals surface area contributed by atoms with Crippen LogP contribution in [-0.4, -0.2) is 29.9 Å². The van der Waals surface area contributed by atoms with Crippen LogP contribution in [0.4, 0.5) is 0 Å². The fourth-order valence-electron chi connectivity index (χ4n) is 2.57. The number of hydrogen-bond acceptors (Lipinski definition) is 5. The van der Waals surface area contributed by atoms with Gasteiger partial charge in [-0.05, 0) is 18.1 Å². The fraction of sp³-hybridized carbons (Fsp3) is 0.200. The number of aliphatic imine (C=N–C) groups is 1. The second kappa shape index (κ2) is 8.75. The Morgan fingerprint density at radius 2 is 1.89 bits per heavy atom. The average molecular weight is 363 g/mol. The average Bonchev–Trinajstić information content (AvgIpc) is 2.67. The molecule has 2 aromatic carbocycles. The topological polar surface area (TPSA) is 94.9 Å². The summed E-state index contributed by atoms with van der Waals surface area (Å²) in [5.41, 5.74) is 10.9. The minimum absolute atomic E-state index is 0.0724. The first-order valence-electron chi connectivity index (χ1n) is 8.65. The van der Waals surface area contributed by atoms with Crippen molar-refractivity contribution in [2.45, 2.75) is 25.8 Å². The van der Waals surface area contributed by atoms with Crippen molar-refractivity contribution in [1.82, 2.24) is 16.3 Å². The van der Waals surface area contributed by atoms with Crippen LogP contribution in [0.3, 0.4) is 0 Å². The highest BCUT2D eigenvalue weighted by atomic mass is 16.2. The van der Waals surface area contributed by atoms with E-state index in [1.807, 2.05) is 61.5 Å². The Morgan fingerprint density at radius 3 is 2.63 bits per heavy atom. The van der Waals surface area contributed by atoms with E-state index in [-0.39, 0.29) is 18.2 Å². The second-order valence-electron chi connectivity index (χ2n) is 6.28. The molecular weight excluding hydrogens is 342 g/mol. The van der Waals surface area contributed by atoms with E-state index in [2.05, 4.69) is 26.4 Å². The van der Waals surface area contributed by atoms with Crippen LogP contribution < -0.4 is 16.3 Å². The van der Waals surface area contributed by atoms with Crippen LogP contribution >= 0.6 is 0 Å². The SMILES string of the molecule is Cc1ccc(/C=N\NC(=O)C[C@H]2N=C(Cc3ccccc3)NNC2=O)cc1. The molecule has 0 radical (unpaired) electrons. The number of hydrazine groups is 1. The maximum atomic E-state index is 12.1. The number of carbonyl (C=O) groups is 2. The minimum Gasteiger partial charge on any atom is -0.285 e. The number of hydrogen-bond donors (Lipinski definition) is 3. The third kappa shape index (κ3) is 5.50. The molecule has 2 aromatic rings. The molecule has 3 N–H and O–H groups in total. The fourth-order valence-corrected chi connectivity index (χ4v) is 2.57. The normalized spacial score (nSPS) is 16.4. The molecule has 0 saturated carbocycles. The van der Waals surface area contributed by atoms with Crippen LogP contribution in [0.1, 0.15) is 23.1 Å². The second-order valence-corrected chi connectivity index (χ2v) is 6.28. The van der Waals surface area contributed by atoms with Crippen LogP contribution in [-0.2, 0) is 16.0 Å². The quantitative estimate of drug-likeness (QED) is 0.536. The molecule has 7 heteroatoms. The first kappa shape index (κ1) is 18.3. The van der Waals surface area contributed by atoms with Gasteiger partial charge in [0.1, 0.15) is 11.9 Å². The van der Waals surface area contributed by atoms with Gasteiger partial charge in [-0.25, -0.2) is 5.43 Å². The first-order valence-corrected chi connectivity index (χ1v) is 8.65. The molecule has 0 spiro atoms. The van der Waals surface area contributed by atoms with Crippen molar-refractivity contribution in [3.8, 4) is 0 Å². The van der Waals surface area contributed by atoms with Gasteiger partial charge in [0.2, 0.25) is 5.91 Å². The summed E-state index contributed by atoms with van der Waals surface area (Å²) in [5, 5.41) is 3.93. The van der Waals surface area contributed by atoms with Gasteiger partial charge in [-0.1, -0.05) is 60.2 Å². The highest BCUT2D eigenvalue weighted by Crippen LogP contribution is 2.07. The predicted molar refractivity (Wildman–Crippen MR) is 104 cm³/mol. The Hall–Kier alpha value is -3.48. The van der Waals surface area contributed by atoms with Gasteiger partial charge in [0.15, 0.2) is 0 Å². The summed E-state index contributed by atoms with van der Waals surface area (Å²) in [6, 6.07) is 16.7. The first-order chi connectivity index (χ1) is 13.1. The highest BCUT2D eigenvalue weighted by molar-refractivity contribution is 5.96. The van der Waals surface area contributed by atoms with Crippen molar-refractivity contribution >= 4 is 23.9 Å². The molecule has 0 aromatic heterocycles. The molecule has 1 atom stereocenters. The van der Waals surface area contributed by atoms with Gasteiger partial charge in [0.25, 0.3) is 5.91 Å². The minimum atomic E-state index is -0.778. The van der Waals surface area contributed by atoms with Crippen LogP contribution in [0, 0.1) is 6.92 Å². The molecule has 0 aliphatic carbocycles. The summed E-state index contributed by atoms with van der Waals surface area (Å²) in [6.07, 6.45) is 2.03. The largest absolute Gasteiger partial charge is 0.285 e. The summed E-state index contributed by atoms with van der Waals surface area (Å²) in [6.45, 7) is 2.00. The zero-order chi connectivity index (χ0) is 19.1. The lowest BCUT2D eigenvalue weighted by Gasteiger charge is -2.21. The van der Waals surface area contributed by atoms with Crippen molar-refractivity contribution in [2.75, 3.05) is 0 Å². The Kier molecular flexibility index (Phi) is 5.94. The number of benzene rings is 2. The van der Waals surface area contributed by atoms with Crippen molar-refractivity contribution in [3.05, 3.63) is 71.3 Å². The summed E-state index contributed by atoms with van der Waals surface area (Å²) in [7, 11) is 0. The number of carbonyl (C=O) groups excluding carboxylic acids is 2. The van der Waals surface area contributed by atoms with E-state index in [4.69, 9.17) is 0 Å². The monoisotopic (exact) mass is 363 g/mol. The van der Waals surface area contributed by atoms with Crippen LogP contribution in [0.25, 0.3) is 0 Å². The van der Waals surface area contributed by atoms with Crippen molar-refractivity contribution in [2.24, 2.45) is 10.1 Å². The van der Waals surface area contributed by atoms with E-state index in [0.717, 1.165) is 16.7 Å². The third-order valence-corrected chi connectivity index (χ3v) is 4.02. The highest BCUT2D eigenvalue weighted by Gasteiger charge is 2.25. The lowest BCUT2D eigenvalue weighted by Crippen LogP contribution is -2.52. The number of nitrogens with zero attached hydrogens (tertiary/aromatic N) is 2. The van der Waals surface area contributed by atoms with E-state index in [0.29, 0.717) is 12.3 Å². The molecule has 27 heavy (non-hydrogen) atoms. The zero-order valence-corrected chi connectivity index (χ0v) is 15.0. The molecule has 0 unspecified atom stereocenters. The van der Waals surface area contributed by atoms with E-state index in [9.17, 15) is 9.59 Å². The Bertz CT molecular complexity index is 860. The molecule has 3 rings (SSSR count).